The number of hydrogen-bond donors (Lipinski definition) is 2. The maximum Gasteiger partial charge on any atom is 0.405 e. The largest absolute Gasteiger partial charge is 0.465 e. The highest BCUT2D eigenvalue weighted by Gasteiger charge is 2.37. The SMILES string of the molecule is N#CC(C(=O)[C@H](CCCCC1(Cc2ccccc2)CCCC1)NC(=O)O)=P(c1ccccc1)(c1ccccc1)c1ccccc1. The Morgan fingerprint density at radius 3 is 1.67 bits per heavy atom. The Morgan fingerprint density at radius 1 is 0.756 bits per heavy atom. The van der Waals surface area contributed by atoms with E-state index in [0.29, 0.717) is 12.8 Å². The lowest BCUT2D eigenvalue weighted by Crippen LogP contribution is -2.45. The summed E-state index contributed by atoms with van der Waals surface area (Å²) in [5.74, 6) is -0.440. The molecule has 4 aromatic rings. The quantitative estimate of drug-likeness (QED) is 0.122. The van der Waals surface area contributed by atoms with E-state index in [0.717, 1.165) is 35.2 Å². The monoisotopic (exact) mass is 616 g/mol. The summed E-state index contributed by atoms with van der Waals surface area (Å²) in [4.78, 5) is 26.6. The molecule has 0 spiro atoms. The number of rotatable bonds is 13. The normalized spacial score (nSPS) is 14.6. The lowest BCUT2D eigenvalue weighted by atomic mass is 9.76. The van der Waals surface area contributed by atoms with Gasteiger partial charge in [-0.2, -0.15) is 5.26 Å². The number of unbranched alkanes of at least 4 members (excludes halogenated alkanes) is 1. The first-order chi connectivity index (χ1) is 22.0. The van der Waals surface area contributed by atoms with Crippen molar-refractivity contribution >= 4 is 40.0 Å². The van der Waals surface area contributed by atoms with Crippen molar-refractivity contribution in [1.82, 2.24) is 5.32 Å². The molecule has 4 aromatic carbocycles. The third-order valence-corrected chi connectivity index (χ3v) is 13.5. The molecule has 6 heteroatoms. The van der Waals surface area contributed by atoms with Gasteiger partial charge in [0.05, 0.1) is 6.04 Å². The Labute approximate surface area is 266 Å². The first-order valence-electron chi connectivity index (χ1n) is 15.9. The number of hydrogen-bond acceptors (Lipinski definition) is 3. The van der Waals surface area contributed by atoms with Gasteiger partial charge in [-0.1, -0.05) is 147 Å². The Kier molecular flexibility index (Phi) is 10.7. The topological polar surface area (TPSA) is 90.2 Å². The molecule has 5 nitrogen and oxygen atoms in total. The Morgan fingerprint density at radius 2 is 1.22 bits per heavy atom. The molecular weight excluding hydrogens is 575 g/mol. The summed E-state index contributed by atoms with van der Waals surface area (Å²) in [6, 6.07) is 41.2. The average Bonchev–Trinajstić information content (AvgIpc) is 3.54. The van der Waals surface area contributed by atoms with Crippen LogP contribution in [-0.4, -0.2) is 28.3 Å². The summed E-state index contributed by atoms with van der Waals surface area (Å²) in [5.41, 5.74) is 1.61. The van der Waals surface area contributed by atoms with E-state index in [1.165, 1.54) is 31.2 Å². The summed E-state index contributed by atoms with van der Waals surface area (Å²) < 4.78 is 0. The van der Waals surface area contributed by atoms with Crippen molar-refractivity contribution in [2.75, 3.05) is 0 Å². The lowest BCUT2D eigenvalue weighted by molar-refractivity contribution is -0.114. The molecule has 45 heavy (non-hydrogen) atoms. The molecule has 1 fully saturated rings. The van der Waals surface area contributed by atoms with E-state index in [1.54, 1.807) is 0 Å². The Hall–Kier alpha value is -4.39. The van der Waals surface area contributed by atoms with Gasteiger partial charge in [0.15, 0.2) is 5.78 Å². The molecule has 5 rings (SSSR count). The highest BCUT2D eigenvalue weighted by atomic mass is 31.2. The molecule has 230 valence electrons. The van der Waals surface area contributed by atoms with E-state index in [-0.39, 0.29) is 10.7 Å². The van der Waals surface area contributed by atoms with Crippen LogP contribution in [0.1, 0.15) is 56.9 Å². The summed E-state index contributed by atoms with van der Waals surface area (Å²) in [7, 11) is 0. The molecule has 0 bridgehead atoms. The zero-order chi connectivity index (χ0) is 31.5. The van der Waals surface area contributed by atoms with E-state index in [1.807, 2.05) is 97.1 Å². The smallest absolute Gasteiger partial charge is 0.405 e. The third kappa shape index (κ3) is 7.30. The number of nitrogens with zero attached hydrogens (tertiary/aromatic N) is 1. The number of nitrogens with one attached hydrogen (secondary N) is 1. The van der Waals surface area contributed by atoms with Crippen molar-refractivity contribution in [3.8, 4) is 6.07 Å². The van der Waals surface area contributed by atoms with Crippen LogP contribution in [0.15, 0.2) is 121 Å². The number of ketones is 1. The van der Waals surface area contributed by atoms with Gasteiger partial charge in [-0.3, -0.25) is 4.79 Å². The maximum atomic E-state index is 14.6. The molecule has 1 aliphatic carbocycles. The number of nitriles is 1. The second-order valence-electron chi connectivity index (χ2n) is 12.1. The van der Waals surface area contributed by atoms with Crippen LogP contribution >= 0.6 is 6.89 Å². The standard InChI is InChI=1S/C39H41N2O3P/c40-30-36(45(32-19-7-2-8-20-32,33-21-9-3-10-22-33)34-23-11-4-12-24-34)37(42)35(41-38(43)44)25-13-14-26-39(27-15-16-28-39)29-31-17-5-1-6-18-31/h1-12,17-24,35,41H,13-16,25-29H2,(H,43,44)/t35-/m0/s1. The maximum absolute atomic E-state index is 14.6. The number of Topliss-reactive ketones (excluding diaryl/α,β-unsaturated/α-hetero) is 1. The molecule has 2 N–H and O–H groups in total. The van der Waals surface area contributed by atoms with Crippen molar-refractivity contribution in [3.05, 3.63) is 127 Å². The number of carbonyl (C=O) groups excluding carboxylic acids is 1. The van der Waals surface area contributed by atoms with Gasteiger partial charge in [-0.05, 0) is 65.9 Å². The fourth-order valence-electron chi connectivity index (χ4n) is 7.19. The van der Waals surface area contributed by atoms with Crippen molar-refractivity contribution in [2.45, 2.75) is 63.8 Å². The van der Waals surface area contributed by atoms with Crippen LogP contribution in [0.25, 0.3) is 0 Å². The van der Waals surface area contributed by atoms with Gasteiger partial charge < -0.3 is 10.4 Å². The van der Waals surface area contributed by atoms with Crippen LogP contribution in [-0.2, 0) is 11.2 Å². The number of carbonyl (C=O) groups is 2. The van der Waals surface area contributed by atoms with Crippen molar-refractivity contribution in [2.24, 2.45) is 5.41 Å². The Balaban J connectivity index is 1.50. The predicted octanol–water partition coefficient (Wildman–Crippen LogP) is 7.25. The van der Waals surface area contributed by atoms with Gasteiger partial charge in [0.2, 0.25) is 0 Å². The second kappa shape index (κ2) is 15.1. The van der Waals surface area contributed by atoms with Crippen LogP contribution in [0.4, 0.5) is 4.79 Å². The van der Waals surface area contributed by atoms with Crippen LogP contribution in [0.3, 0.4) is 0 Å². The molecule has 1 aliphatic rings. The predicted molar refractivity (Wildman–Crippen MR) is 185 cm³/mol. The summed E-state index contributed by atoms with van der Waals surface area (Å²) in [5, 5.41) is 25.9. The van der Waals surface area contributed by atoms with E-state index >= 15 is 0 Å². The second-order valence-corrected chi connectivity index (χ2v) is 15.5. The van der Waals surface area contributed by atoms with Crippen molar-refractivity contribution in [3.63, 3.8) is 0 Å². The van der Waals surface area contributed by atoms with E-state index in [4.69, 9.17) is 0 Å². The minimum absolute atomic E-state index is 0.112. The van der Waals surface area contributed by atoms with Crippen molar-refractivity contribution in [1.29, 1.82) is 5.26 Å². The van der Waals surface area contributed by atoms with Crippen molar-refractivity contribution < 1.29 is 14.7 Å². The lowest BCUT2D eigenvalue weighted by Gasteiger charge is -2.31. The van der Waals surface area contributed by atoms with Gasteiger partial charge in [-0.25, -0.2) is 4.79 Å². The molecule has 0 unspecified atom stereocenters. The molecule has 1 amide bonds. The van der Waals surface area contributed by atoms with E-state index < -0.39 is 24.8 Å². The molecular formula is C39H41N2O3P. The highest BCUT2D eigenvalue weighted by molar-refractivity contribution is 7.97. The molecule has 0 aromatic heterocycles. The van der Waals surface area contributed by atoms with Crippen LogP contribution in [0, 0.1) is 16.7 Å². The summed E-state index contributed by atoms with van der Waals surface area (Å²) in [6.45, 7) is -2.95. The minimum atomic E-state index is -2.95. The molecule has 0 heterocycles. The molecule has 1 atom stereocenters. The van der Waals surface area contributed by atoms with Crippen LogP contribution in [0.5, 0.6) is 0 Å². The zero-order valence-corrected chi connectivity index (χ0v) is 26.5. The third-order valence-electron chi connectivity index (χ3n) is 9.26. The first kappa shape index (κ1) is 32.0. The molecule has 0 saturated heterocycles. The number of amides is 1. The molecule has 0 radical (unpaired) electrons. The van der Waals surface area contributed by atoms with E-state index in [9.17, 15) is 20.0 Å². The van der Waals surface area contributed by atoms with Crippen LogP contribution in [0.2, 0.25) is 0 Å². The average molecular weight is 617 g/mol. The van der Waals surface area contributed by atoms with Gasteiger partial charge >= 0.3 is 6.09 Å². The van der Waals surface area contributed by atoms with Gasteiger partial charge in [0.25, 0.3) is 0 Å². The fraction of sp³-hybridized carbons (Fsp3) is 0.282. The zero-order valence-electron chi connectivity index (χ0n) is 25.6. The summed E-state index contributed by atoms with van der Waals surface area (Å²) >= 11 is 0. The van der Waals surface area contributed by atoms with Gasteiger partial charge in [-0.15, -0.1) is 0 Å². The molecule has 1 saturated carbocycles. The van der Waals surface area contributed by atoms with Crippen LogP contribution < -0.4 is 21.2 Å². The highest BCUT2D eigenvalue weighted by Crippen LogP contribution is 2.47. The van der Waals surface area contributed by atoms with Gasteiger partial charge in [0.1, 0.15) is 11.4 Å². The van der Waals surface area contributed by atoms with E-state index in [2.05, 4.69) is 35.7 Å². The molecule has 0 aliphatic heterocycles. The number of benzene rings is 4. The minimum Gasteiger partial charge on any atom is -0.465 e. The summed E-state index contributed by atoms with van der Waals surface area (Å²) in [6.07, 6.45) is 7.63. The first-order valence-corrected chi connectivity index (χ1v) is 17.7. The number of carboxylic acid groups (broad SMARTS) is 1. The Bertz CT molecular complexity index is 1560. The van der Waals surface area contributed by atoms with Gasteiger partial charge in [0, 0.05) is 0 Å². The fourth-order valence-corrected chi connectivity index (χ4v) is 11.3.